The third kappa shape index (κ3) is 4.76. The molecule has 1 aromatic carbocycles. The molecule has 0 bridgehead atoms. The zero-order chi connectivity index (χ0) is 27.9. The SMILES string of the molecule is Cc1cccc2c1N(C[C@H]1C[C@@H](C(F)F)[C@H](NC(=O)c3cccnc3)C[C@H]1Cl)C(=O)[C@]2(O)c1ccncc1F. The second kappa shape index (κ2) is 10.6. The first-order valence-corrected chi connectivity index (χ1v) is 12.9. The molecule has 2 amide bonds. The van der Waals surface area contributed by atoms with Crippen LogP contribution < -0.4 is 10.2 Å². The van der Waals surface area contributed by atoms with Crippen LogP contribution in [0.5, 0.6) is 0 Å². The van der Waals surface area contributed by atoms with Gasteiger partial charge in [-0.25, -0.2) is 13.2 Å². The van der Waals surface area contributed by atoms with E-state index >= 15 is 0 Å². The number of alkyl halides is 3. The number of pyridine rings is 2. The van der Waals surface area contributed by atoms with Gasteiger partial charge in [-0.05, 0) is 49.4 Å². The third-order valence-corrected chi connectivity index (χ3v) is 8.21. The Morgan fingerprint density at radius 1 is 1.15 bits per heavy atom. The van der Waals surface area contributed by atoms with Crippen LogP contribution in [0.1, 0.15) is 39.9 Å². The molecule has 204 valence electrons. The highest BCUT2D eigenvalue weighted by Gasteiger charge is 2.54. The quantitative estimate of drug-likeness (QED) is 0.442. The molecule has 2 aliphatic rings. The number of nitrogens with zero attached hydrogens (tertiary/aromatic N) is 3. The lowest BCUT2D eigenvalue weighted by Gasteiger charge is -2.40. The number of halogens is 4. The fourth-order valence-electron chi connectivity index (χ4n) is 5.71. The van der Waals surface area contributed by atoms with Gasteiger partial charge in [-0.2, -0.15) is 0 Å². The molecule has 1 aliphatic heterocycles. The van der Waals surface area contributed by atoms with Gasteiger partial charge in [0.25, 0.3) is 11.8 Å². The molecule has 3 heterocycles. The van der Waals surface area contributed by atoms with Gasteiger partial charge in [-0.15, -0.1) is 11.6 Å². The number of aryl methyl sites for hydroxylation is 1. The first-order valence-electron chi connectivity index (χ1n) is 12.5. The number of aliphatic hydroxyl groups is 1. The van der Waals surface area contributed by atoms with Crippen LogP contribution in [0.3, 0.4) is 0 Å². The molecule has 0 radical (unpaired) electrons. The van der Waals surface area contributed by atoms with E-state index in [4.69, 9.17) is 11.6 Å². The number of aromatic nitrogens is 2. The highest BCUT2D eigenvalue weighted by Crippen LogP contribution is 2.48. The van der Waals surface area contributed by atoms with Crippen molar-refractivity contribution in [2.75, 3.05) is 11.4 Å². The second-order valence-electron chi connectivity index (χ2n) is 10.0. The number of hydrogen-bond acceptors (Lipinski definition) is 5. The average molecular weight is 559 g/mol. The number of fused-ring (bicyclic) bond motifs is 1. The van der Waals surface area contributed by atoms with E-state index in [2.05, 4.69) is 15.3 Å². The molecule has 39 heavy (non-hydrogen) atoms. The van der Waals surface area contributed by atoms with Crippen LogP contribution in [0.2, 0.25) is 0 Å². The molecule has 5 rings (SSSR count). The number of benzene rings is 1. The van der Waals surface area contributed by atoms with Crippen LogP contribution in [0, 0.1) is 24.6 Å². The van der Waals surface area contributed by atoms with Gasteiger partial charge in [-0.1, -0.05) is 18.2 Å². The topological polar surface area (TPSA) is 95.4 Å². The lowest BCUT2D eigenvalue weighted by molar-refractivity contribution is -0.132. The molecule has 1 aliphatic carbocycles. The van der Waals surface area contributed by atoms with E-state index < -0.39 is 52.9 Å². The standard InChI is InChI=1S/C28H26ClF3N4O3/c1-15-4-2-6-20-24(15)36(27(38)28(20,39)19-7-9-34-13-22(19)30)14-17-10-18(25(31)32)23(11-21(17)29)35-26(37)16-5-3-8-33-12-16/h2-9,12-13,17-18,21,23,25,39H,10-11,14H2,1H3,(H,35,37)/t17-,18-,21-,23-,28+/m1/s1. The Bertz CT molecular complexity index is 1400. The number of hydrogen-bond donors (Lipinski definition) is 2. The van der Waals surface area contributed by atoms with Gasteiger partial charge in [0, 0.05) is 53.6 Å². The van der Waals surface area contributed by atoms with E-state index in [0.717, 1.165) is 6.20 Å². The molecule has 1 saturated carbocycles. The zero-order valence-corrected chi connectivity index (χ0v) is 21.7. The third-order valence-electron chi connectivity index (χ3n) is 7.68. The average Bonchev–Trinajstić information content (AvgIpc) is 3.14. The van der Waals surface area contributed by atoms with Crippen molar-refractivity contribution in [1.82, 2.24) is 15.3 Å². The van der Waals surface area contributed by atoms with Crippen molar-refractivity contribution < 1.29 is 27.9 Å². The number of para-hydroxylation sites is 1. The summed E-state index contributed by atoms with van der Waals surface area (Å²) in [5.41, 5.74) is -1.06. The highest BCUT2D eigenvalue weighted by atomic mass is 35.5. The van der Waals surface area contributed by atoms with Crippen molar-refractivity contribution in [1.29, 1.82) is 0 Å². The number of nitrogens with one attached hydrogen (secondary N) is 1. The van der Waals surface area contributed by atoms with Crippen LogP contribution in [0.15, 0.2) is 61.2 Å². The van der Waals surface area contributed by atoms with Crippen molar-refractivity contribution in [3.05, 3.63) is 89.3 Å². The summed E-state index contributed by atoms with van der Waals surface area (Å²) in [4.78, 5) is 35.3. The molecule has 2 N–H and O–H groups in total. The number of amides is 2. The molecule has 0 unspecified atom stereocenters. The van der Waals surface area contributed by atoms with Gasteiger partial charge in [0.15, 0.2) is 5.60 Å². The predicted octanol–water partition coefficient (Wildman–Crippen LogP) is 4.20. The monoisotopic (exact) mass is 558 g/mol. The lowest BCUT2D eigenvalue weighted by Crippen LogP contribution is -2.52. The van der Waals surface area contributed by atoms with Gasteiger partial charge < -0.3 is 15.3 Å². The maximum Gasteiger partial charge on any atom is 0.268 e. The Kier molecular flexibility index (Phi) is 7.35. The summed E-state index contributed by atoms with van der Waals surface area (Å²) in [6, 6.07) is 8.42. The second-order valence-corrected chi connectivity index (χ2v) is 10.6. The van der Waals surface area contributed by atoms with Gasteiger partial charge in [0.1, 0.15) is 5.82 Å². The maximum atomic E-state index is 14.8. The summed E-state index contributed by atoms with van der Waals surface area (Å²) in [5, 5.41) is 13.7. The highest BCUT2D eigenvalue weighted by molar-refractivity contribution is 6.21. The van der Waals surface area contributed by atoms with E-state index in [-0.39, 0.29) is 36.1 Å². The summed E-state index contributed by atoms with van der Waals surface area (Å²) in [6.07, 6.45) is 2.29. The van der Waals surface area contributed by atoms with Crippen molar-refractivity contribution in [2.45, 2.75) is 43.2 Å². The van der Waals surface area contributed by atoms with Gasteiger partial charge in [0.05, 0.1) is 17.4 Å². The number of carbonyl (C=O) groups is 2. The molecule has 0 spiro atoms. The van der Waals surface area contributed by atoms with Crippen molar-refractivity contribution in [3.63, 3.8) is 0 Å². The number of rotatable bonds is 6. The van der Waals surface area contributed by atoms with E-state index in [0.29, 0.717) is 11.3 Å². The minimum Gasteiger partial charge on any atom is -0.372 e. The molecule has 11 heteroatoms. The Morgan fingerprint density at radius 2 is 1.92 bits per heavy atom. The summed E-state index contributed by atoms with van der Waals surface area (Å²) >= 11 is 6.71. The summed E-state index contributed by atoms with van der Waals surface area (Å²) in [6.45, 7) is 1.69. The Hall–Kier alpha value is -3.50. The minimum atomic E-state index is -2.75. The number of anilines is 1. The molecule has 5 atom stereocenters. The van der Waals surface area contributed by atoms with Crippen LogP contribution >= 0.6 is 11.6 Å². The van der Waals surface area contributed by atoms with Crippen LogP contribution in [-0.4, -0.2) is 51.3 Å². The maximum absolute atomic E-state index is 14.8. The summed E-state index contributed by atoms with van der Waals surface area (Å²) in [7, 11) is 0. The fraction of sp³-hybridized carbons (Fsp3) is 0.357. The van der Waals surface area contributed by atoms with Crippen LogP contribution in [0.25, 0.3) is 0 Å². The largest absolute Gasteiger partial charge is 0.372 e. The summed E-state index contributed by atoms with van der Waals surface area (Å²) in [5.74, 6) is -3.96. The Morgan fingerprint density at radius 3 is 2.62 bits per heavy atom. The van der Waals surface area contributed by atoms with Crippen LogP contribution in [-0.2, 0) is 10.4 Å². The fourth-order valence-corrected chi connectivity index (χ4v) is 6.09. The number of carbonyl (C=O) groups excluding carboxylic acids is 2. The van der Waals surface area contributed by atoms with Crippen LogP contribution in [0.4, 0.5) is 18.9 Å². The minimum absolute atomic E-state index is 0.0547. The van der Waals surface area contributed by atoms with E-state index in [1.54, 1.807) is 31.2 Å². The molecule has 7 nitrogen and oxygen atoms in total. The van der Waals surface area contributed by atoms with E-state index in [1.807, 2.05) is 0 Å². The molecule has 2 aromatic heterocycles. The molecular weight excluding hydrogens is 533 g/mol. The van der Waals surface area contributed by atoms with E-state index in [9.17, 15) is 27.9 Å². The Labute approximate surface area is 228 Å². The molecule has 0 saturated heterocycles. The van der Waals surface area contributed by atoms with E-state index in [1.165, 1.54) is 35.6 Å². The summed E-state index contributed by atoms with van der Waals surface area (Å²) < 4.78 is 43.2. The first-order chi connectivity index (χ1) is 18.6. The first kappa shape index (κ1) is 27.1. The lowest BCUT2D eigenvalue weighted by atomic mass is 9.77. The Balaban J connectivity index is 1.42. The van der Waals surface area contributed by atoms with Gasteiger partial charge in [-0.3, -0.25) is 19.6 Å². The zero-order valence-electron chi connectivity index (χ0n) is 20.9. The predicted molar refractivity (Wildman–Crippen MR) is 138 cm³/mol. The molecule has 3 aromatic rings. The molecule has 1 fully saturated rings. The molecular formula is C28H26ClF3N4O3. The smallest absolute Gasteiger partial charge is 0.268 e. The van der Waals surface area contributed by atoms with Crippen molar-refractivity contribution in [3.8, 4) is 0 Å². The van der Waals surface area contributed by atoms with Gasteiger partial charge >= 0.3 is 0 Å². The normalized spacial score (nSPS) is 26.5. The van der Waals surface area contributed by atoms with Crippen molar-refractivity contribution in [2.24, 2.45) is 11.8 Å². The van der Waals surface area contributed by atoms with Crippen molar-refractivity contribution >= 4 is 29.1 Å². The van der Waals surface area contributed by atoms with Gasteiger partial charge in [0.2, 0.25) is 6.43 Å².